The zero-order chi connectivity index (χ0) is 28.5. The lowest BCUT2D eigenvalue weighted by Crippen LogP contribution is -2.68. The van der Waals surface area contributed by atoms with Gasteiger partial charge < -0.3 is 24.8 Å². The van der Waals surface area contributed by atoms with Gasteiger partial charge in [0.15, 0.2) is 5.82 Å². The average Bonchev–Trinajstić information content (AvgIpc) is 3.32. The summed E-state index contributed by atoms with van der Waals surface area (Å²) in [6.45, 7) is 7.58. The van der Waals surface area contributed by atoms with Crippen LogP contribution in [0.3, 0.4) is 0 Å². The molecule has 7 rings (SSSR count). The van der Waals surface area contributed by atoms with E-state index in [1.807, 2.05) is 50.5 Å². The van der Waals surface area contributed by atoms with Crippen molar-refractivity contribution in [3.05, 3.63) is 60.0 Å². The number of rotatable bonds is 10. The zero-order valence-electron chi connectivity index (χ0n) is 23.5. The molecule has 3 aliphatic rings. The van der Waals surface area contributed by atoms with Crippen molar-refractivity contribution in [2.24, 2.45) is 0 Å². The van der Waals surface area contributed by atoms with Gasteiger partial charge in [0.1, 0.15) is 29.8 Å². The van der Waals surface area contributed by atoms with Crippen molar-refractivity contribution in [2.75, 3.05) is 44.0 Å². The third-order valence-electron chi connectivity index (χ3n) is 7.74. The predicted octanol–water partition coefficient (Wildman–Crippen LogP) is 3.52. The SMILES string of the molecule is COc1ccc(CN2C3CC2CN(c2ccc(-c4cc(OCCOC(C)C)cn5nc(N)c(C#N)c45)cn2)C3)cn1. The lowest BCUT2D eigenvalue weighted by Gasteiger charge is -2.56. The molecule has 212 valence electrons. The van der Waals surface area contributed by atoms with Crippen LogP contribution in [0.15, 0.2) is 48.9 Å². The third-order valence-corrected chi connectivity index (χ3v) is 7.74. The number of nitriles is 1. The molecule has 3 aliphatic heterocycles. The van der Waals surface area contributed by atoms with E-state index in [1.54, 1.807) is 17.8 Å². The molecule has 4 aromatic heterocycles. The van der Waals surface area contributed by atoms with Crippen LogP contribution >= 0.6 is 0 Å². The Morgan fingerprint density at radius 1 is 1.10 bits per heavy atom. The quantitative estimate of drug-likeness (QED) is 0.291. The van der Waals surface area contributed by atoms with Crippen molar-refractivity contribution in [1.82, 2.24) is 24.5 Å². The molecule has 0 saturated carbocycles. The van der Waals surface area contributed by atoms with Gasteiger partial charge in [0.25, 0.3) is 0 Å². The molecule has 0 spiro atoms. The molecule has 0 aromatic carbocycles. The summed E-state index contributed by atoms with van der Waals surface area (Å²) in [6.07, 6.45) is 6.81. The highest BCUT2D eigenvalue weighted by atomic mass is 16.5. The van der Waals surface area contributed by atoms with E-state index in [4.69, 9.17) is 24.9 Å². The molecule has 4 aromatic rings. The summed E-state index contributed by atoms with van der Waals surface area (Å²) < 4.78 is 18.3. The third kappa shape index (κ3) is 5.36. The van der Waals surface area contributed by atoms with Crippen LogP contribution in [0.25, 0.3) is 16.6 Å². The molecule has 0 aliphatic carbocycles. The molecule has 41 heavy (non-hydrogen) atoms. The Kier molecular flexibility index (Phi) is 7.34. The number of piperidine rings is 1. The molecule has 3 fully saturated rings. The standard InChI is InChI=1S/C30H34N8O3/c1-19(2)40-8-9-41-24-11-25(29-26(12-31)30(32)35-38(29)18-24)21-5-6-27(33-14-21)36-16-22-10-23(17-36)37(22)15-20-4-7-28(39-3)34-13-20/h4-7,11,13-14,18-19,22-23H,8-10,15-17H2,1-3H3,(H2,32,35). The number of anilines is 2. The smallest absolute Gasteiger partial charge is 0.212 e. The summed E-state index contributed by atoms with van der Waals surface area (Å²) in [5, 5.41) is 14.1. The van der Waals surface area contributed by atoms with E-state index in [2.05, 4.69) is 32.0 Å². The fraction of sp³-hybridized carbons (Fsp3) is 0.400. The number of nitrogens with two attached hydrogens (primary N) is 1. The normalized spacial score (nSPS) is 18.4. The van der Waals surface area contributed by atoms with Gasteiger partial charge in [0, 0.05) is 61.3 Å². The van der Waals surface area contributed by atoms with E-state index >= 15 is 0 Å². The molecule has 3 saturated heterocycles. The van der Waals surface area contributed by atoms with Crippen LogP contribution in [0, 0.1) is 11.3 Å². The van der Waals surface area contributed by atoms with Gasteiger partial charge in [-0.05, 0) is 44.0 Å². The van der Waals surface area contributed by atoms with E-state index in [9.17, 15) is 5.26 Å². The predicted molar refractivity (Wildman–Crippen MR) is 155 cm³/mol. The molecule has 7 heterocycles. The number of fused-ring (bicyclic) bond motifs is 3. The maximum Gasteiger partial charge on any atom is 0.212 e. The van der Waals surface area contributed by atoms with Gasteiger partial charge in [-0.25, -0.2) is 14.5 Å². The topological polar surface area (TPSA) is 127 Å². The Hall–Kier alpha value is -4.40. The molecule has 11 nitrogen and oxygen atoms in total. The van der Waals surface area contributed by atoms with Crippen LogP contribution in [-0.4, -0.2) is 76.1 Å². The molecule has 2 N–H and O–H groups in total. The van der Waals surface area contributed by atoms with E-state index in [0.717, 1.165) is 36.6 Å². The first-order valence-electron chi connectivity index (χ1n) is 13.9. The van der Waals surface area contributed by atoms with E-state index in [-0.39, 0.29) is 11.9 Å². The number of aromatic nitrogens is 4. The van der Waals surface area contributed by atoms with Gasteiger partial charge >= 0.3 is 0 Å². The molecule has 0 radical (unpaired) electrons. The average molecular weight is 555 g/mol. The molecular formula is C30H34N8O3. The van der Waals surface area contributed by atoms with Crippen molar-refractivity contribution < 1.29 is 14.2 Å². The molecule has 11 heteroatoms. The number of hydrogen-bond donors (Lipinski definition) is 1. The van der Waals surface area contributed by atoms with E-state index in [1.165, 1.54) is 12.0 Å². The number of methoxy groups -OCH3 is 1. The van der Waals surface area contributed by atoms with Gasteiger partial charge in [-0.15, -0.1) is 5.10 Å². The minimum atomic E-state index is 0.130. The second kappa shape index (κ2) is 11.2. The maximum absolute atomic E-state index is 9.79. The molecule has 2 unspecified atom stereocenters. The summed E-state index contributed by atoms with van der Waals surface area (Å²) in [6, 6.07) is 13.2. The Morgan fingerprint density at radius 3 is 2.59 bits per heavy atom. The summed E-state index contributed by atoms with van der Waals surface area (Å²) in [4.78, 5) is 14.1. The van der Waals surface area contributed by atoms with Crippen molar-refractivity contribution in [3.63, 3.8) is 0 Å². The second-order valence-electron chi connectivity index (χ2n) is 10.8. The number of nitrogens with zero attached hydrogens (tertiary/aromatic N) is 7. The molecule has 2 atom stereocenters. The zero-order valence-corrected chi connectivity index (χ0v) is 23.5. The highest BCUT2D eigenvalue weighted by molar-refractivity contribution is 5.88. The lowest BCUT2D eigenvalue weighted by atomic mass is 9.87. The Balaban J connectivity index is 1.18. The monoisotopic (exact) mass is 554 g/mol. The summed E-state index contributed by atoms with van der Waals surface area (Å²) >= 11 is 0. The fourth-order valence-corrected chi connectivity index (χ4v) is 5.73. The lowest BCUT2D eigenvalue weighted by molar-refractivity contribution is -0.00876. The van der Waals surface area contributed by atoms with Crippen LogP contribution < -0.4 is 20.1 Å². The minimum Gasteiger partial charge on any atom is -0.490 e. The molecule has 0 amide bonds. The van der Waals surface area contributed by atoms with Crippen LogP contribution in [0.1, 0.15) is 31.4 Å². The Labute approximate surface area is 239 Å². The fourth-order valence-electron chi connectivity index (χ4n) is 5.73. The number of pyridine rings is 3. The molecule has 2 bridgehead atoms. The highest BCUT2D eigenvalue weighted by Crippen LogP contribution is 2.37. The number of piperazine rings is 1. The number of ether oxygens (including phenoxy) is 3. The van der Waals surface area contributed by atoms with Gasteiger partial charge in [0.05, 0.1) is 31.5 Å². The Bertz CT molecular complexity index is 1550. The van der Waals surface area contributed by atoms with Crippen molar-refractivity contribution in [1.29, 1.82) is 5.26 Å². The van der Waals surface area contributed by atoms with Gasteiger partial charge in [-0.3, -0.25) is 4.90 Å². The number of hydrogen-bond acceptors (Lipinski definition) is 10. The second-order valence-corrected chi connectivity index (χ2v) is 10.8. The van der Waals surface area contributed by atoms with Crippen molar-refractivity contribution in [2.45, 2.75) is 45.0 Å². The van der Waals surface area contributed by atoms with Gasteiger partial charge in [0.2, 0.25) is 5.88 Å². The van der Waals surface area contributed by atoms with Crippen LogP contribution in [-0.2, 0) is 11.3 Å². The van der Waals surface area contributed by atoms with Gasteiger partial charge in [-0.1, -0.05) is 6.07 Å². The first-order chi connectivity index (χ1) is 19.9. The highest BCUT2D eigenvalue weighted by Gasteiger charge is 2.44. The van der Waals surface area contributed by atoms with Crippen LogP contribution in [0.4, 0.5) is 11.6 Å². The van der Waals surface area contributed by atoms with Crippen molar-refractivity contribution >= 4 is 17.2 Å². The summed E-state index contributed by atoms with van der Waals surface area (Å²) in [7, 11) is 1.63. The minimum absolute atomic E-state index is 0.130. The summed E-state index contributed by atoms with van der Waals surface area (Å²) in [5.74, 6) is 2.37. The largest absolute Gasteiger partial charge is 0.490 e. The first kappa shape index (κ1) is 26.8. The van der Waals surface area contributed by atoms with Gasteiger partial charge in [-0.2, -0.15) is 5.26 Å². The Morgan fingerprint density at radius 2 is 1.93 bits per heavy atom. The van der Waals surface area contributed by atoms with Crippen LogP contribution in [0.2, 0.25) is 0 Å². The molecular weight excluding hydrogens is 520 g/mol. The van der Waals surface area contributed by atoms with E-state index in [0.29, 0.717) is 48.0 Å². The van der Waals surface area contributed by atoms with Crippen LogP contribution in [0.5, 0.6) is 11.6 Å². The first-order valence-corrected chi connectivity index (χ1v) is 13.9. The number of nitrogen functional groups attached to an aromatic ring is 1. The van der Waals surface area contributed by atoms with Crippen molar-refractivity contribution in [3.8, 4) is 28.8 Å². The van der Waals surface area contributed by atoms with E-state index < -0.39 is 0 Å². The maximum atomic E-state index is 9.79. The summed E-state index contributed by atoms with van der Waals surface area (Å²) in [5.41, 5.74) is 9.88.